The van der Waals surface area contributed by atoms with Crippen LogP contribution in [0.2, 0.25) is 0 Å². The van der Waals surface area contributed by atoms with Crippen LogP contribution in [0.1, 0.15) is 20.7 Å². The Balaban J connectivity index is 1.89. The Morgan fingerprint density at radius 2 is 1.41 bits per heavy atom. The van der Waals surface area contributed by atoms with Crippen LogP contribution in [0, 0.1) is 0 Å². The van der Waals surface area contributed by atoms with E-state index in [0.29, 0.717) is 16.9 Å². The largest absolute Gasteiger partial charge is 0.297 e. The van der Waals surface area contributed by atoms with Gasteiger partial charge in [0, 0.05) is 24.4 Å². The molecule has 4 rings (SSSR count). The summed E-state index contributed by atoms with van der Waals surface area (Å²) in [5, 5.41) is 0. The number of ketones is 1. The Hall–Kier alpha value is -3.66. The van der Waals surface area contributed by atoms with Crippen molar-refractivity contribution < 1.29 is 9.59 Å². The molecular weight excluding hydrogens is 336 g/mol. The molecule has 132 valence electrons. The molecule has 0 aliphatic carbocycles. The van der Waals surface area contributed by atoms with Gasteiger partial charge in [0.05, 0.1) is 11.3 Å². The Morgan fingerprint density at radius 1 is 0.815 bits per heavy atom. The van der Waals surface area contributed by atoms with Crippen LogP contribution in [0.5, 0.6) is 0 Å². The first-order valence-corrected chi connectivity index (χ1v) is 8.70. The fourth-order valence-corrected chi connectivity index (χ4v) is 3.22. The van der Waals surface area contributed by atoms with E-state index in [1.54, 1.807) is 25.2 Å². The van der Waals surface area contributed by atoms with Gasteiger partial charge in [-0.3, -0.25) is 19.4 Å². The first-order valence-electron chi connectivity index (χ1n) is 8.70. The van der Waals surface area contributed by atoms with Gasteiger partial charge in [-0.15, -0.1) is 0 Å². The second-order valence-electron chi connectivity index (χ2n) is 6.29. The molecule has 1 aliphatic heterocycles. The zero-order valence-corrected chi connectivity index (χ0v) is 14.9. The summed E-state index contributed by atoms with van der Waals surface area (Å²) in [4.78, 5) is 29.1. The number of carbonyl (C=O) groups is 2. The number of amides is 1. The van der Waals surface area contributed by atoms with Gasteiger partial charge < -0.3 is 0 Å². The van der Waals surface area contributed by atoms with E-state index in [9.17, 15) is 9.59 Å². The highest BCUT2D eigenvalue weighted by Crippen LogP contribution is 2.38. The number of allylic oxidation sites excluding steroid dienone is 1. The standard InChI is InChI=1S/C23H18N2O2/c1-24-22(16-21(26)17-10-4-2-5-11-17)25(18-12-6-3-7-13-18)20-15-9-8-14-19(20)23(24)27/h2-16H,1H3/b22-16+. The molecule has 0 fully saturated rings. The van der Waals surface area contributed by atoms with Crippen molar-refractivity contribution in [2.75, 3.05) is 11.9 Å². The van der Waals surface area contributed by atoms with Crippen LogP contribution < -0.4 is 4.90 Å². The van der Waals surface area contributed by atoms with Gasteiger partial charge in [0.1, 0.15) is 5.82 Å². The molecule has 0 saturated carbocycles. The summed E-state index contributed by atoms with van der Waals surface area (Å²) >= 11 is 0. The van der Waals surface area contributed by atoms with E-state index in [1.807, 2.05) is 71.6 Å². The highest BCUT2D eigenvalue weighted by atomic mass is 16.2. The van der Waals surface area contributed by atoms with Crippen LogP contribution in [0.4, 0.5) is 11.4 Å². The van der Waals surface area contributed by atoms with Crippen LogP contribution in [-0.2, 0) is 0 Å². The van der Waals surface area contributed by atoms with Crippen molar-refractivity contribution in [3.8, 4) is 0 Å². The van der Waals surface area contributed by atoms with E-state index in [-0.39, 0.29) is 11.7 Å². The number of fused-ring (bicyclic) bond motifs is 1. The second-order valence-corrected chi connectivity index (χ2v) is 6.29. The minimum Gasteiger partial charge on any atom is -0.297 e. The highest BCUT2D eigenvalue weighted by Gasteiger charge is 2.32. The average molecular weight is 354 g/mol. The molecule has 4 heteroatoms. The molecular formula is C23H18N2O2. The highest BCUT2D eigenvalue weighted by molar-refractivity contribution is 6.09. The summed E-state index contributed by atoms with van der Waals surface area (Å²) in [5.74, 6) is 0.245. The number of benzene rings is 3. The van der Waals surface area contributed by atoms with Crippen LogP contribution >= 0.6 is 0 Å². The molecule has 0 aromatic heterocycles. The zero-order chi connectivity index (χ0) is 18.8. The van der Waals surface area contributed by atoms with Crippen molar-refractivity contribution in [1.82, 2.24) is 4.90 Å². The SMILES string of the molecule is CN1C(=O)c2ccccc2N(c2ccccc2)/C1=C/C(=O)c1ccccc1. The van der Waals surface area contributed by atoms with E-state index in [0.717, 1.165) is 11.4 Å². The minimum absolute atomic E-state index is 0.134. The number of hydrogen-bond acceptors (Lipinski definition) is 3. The molecule has 0 spiro atoms. The summed E-state index contributed by atoms with van der Waals surface area (Å²) in [6, 6.07) is 26.2. The van der Waals surface area contributed by atoms with Gasteiger partial charge >= 0.3 is 0 Å². The molecule has 1 amide bonds. The fraction of sp³-hybridized carbons (Fsp3) is 0.0435. The third-order valence-corrected chi connectivity index (χ3v) is 4.59. The Labute approximate surface area is 158 Å². The van der Waals surface area contributed by atoms with Crippen molar-refractivity contribution in [1.29, 1.82) is 0 Å². The number of carbonyl (C=O) groups excluding carboxylic acids is 2. The number of hydrogen-bond donors (Lipinski definition) is 0. The molecule has 0 atom stereocenters. The van der Waals surface area contributed by atoms with Crippen molar-refractivity contribution in [3.05, 3.63) is 108 Å². The van der Waals surface area contributed by atoms with E-state index in [1.165, 1.54) is 11.0 Å². The van der Waals surface area contributed by atoms with Gasteiger partial charge in [-0.25, -0.2) is 0 Å². The van der Waals surface area contributed by atoms with Gasteiger partial charge in [-0.05, 0) is 24.3 Å². The molecule has 0 unspecified atom stereocenters. The second kappa shape index (κ2) is 6.92. The van der Waals surface area contributed by atoms with Gasteiger partial charge in [0.25, 0.3) is 5.91 Å². The van der Waals surface area contributed by atoms with E-state index >= 15 is 0 Å². The van der Waals surface area contributed by atoms with Gasteiger partial charge in [-0.2, -0.15) is 0 Å². The lowest BCUT2D eigenvalue weighted by Crippen LogP contribution is -2.40. The first-order chi connectivity index (χ1) is 13.2. The molecule has 0 bridgehead atoms. The molecule has 1 heterocycles. The maximum absolute atomic E-state index is 12.9. The maximum Gasteiger partial charge on any atom is 0.261 e. The normalized spacial score (nSPS) is 15.0. The first kappa shape index (κ1) is 16.8. The lowest BCUT2D eigenvalue weighted by Gasteiger charge is -2.38. The third kappa shape index (κ3) is 3.02. The molecule has 0 saturated heterocycles. The van der Waals surface area contributed by atoms with Crippen LogP contribution in [0.25, 0.3) is 0 Å². The molecule has 0 radical (unpaired) electrons. The quantitative estimate of drug-likeness (QED) is 0.508. The molecule has 3 aromatic carbocycles. The van der Waals surface area contributed by atoms with E-state index in [2.05, 4.69) is 0 Å². The number of nitrogens with zero attached hydrogens (tertiary/aromatic N) is 2. The topological polar surface area (TPSA) is 40.6 Å². The van der Waals surface area contributed by atoms with E-state index < -0.39 is 0 Å². The number of anilines is 2. The van der Waals surface area contributed by atoms with Crippen molar-refractivity contribution >= 4 is 23.1 Å². The van der Waals surface area contributed by atoms with E-state index in [4.69, 9.17) is 0 Å². The smallest absolute Gasteiger partial charge is 0.261 e. The zero-order valence-electron chi connectivity index (χ0n) is 14.9. The average Bonchev–Trinajstić information content (AvgIpc) is 2.73. The predicted octanol–water partition coefficient (Wildman–Crippen LogP) is 4.63. The summed E-state index contributed by atoms with van der Waals surface area (Å²) < 4.78 is 0. The van der Waals surface area contributed by atoms with Gasteiger partial charge in [0.2, 0.25) is 0 Å². The van der Waals surface area contributed by atoms with Gasteiger partial charge in [-0.1, -0.05) is 60.7 Å². The van der Waals surface area contributed by atoms with Crippen molar-refractivity contribution in [2.45, 2.75) is 0 Å². The molecule has 27 heavy (non-hydrogen) atoms. The lowest BCUT2D eigenvalue weighted by molar-refractivity contribution is 0.0826. The molecule has 3 aromatic rings. The summed E-state index contributed by atoms with van der Waals surface area (Å²) in [6.07, 6.45) is 1.52. The molecule has 1 aliphatic rings. The fourth-order valence-electron chi connectivity index (χ4n) is 3.22. The Bertz CT molecular complexity index is 1030. The summed E-state index contributed by atoms with van der Waals surface area (Å²) in [6.45, 7) is 0. The lowest BCUT2D eigenvalue weighted by atomic mass is 10.0. The van der Waals surface area contributed by atoms with Crippen LogP contribution in [0.3, 0.4) is 0 Å². The number of para-hydroxylation sites is 2. The summed E-state index contributed by atoms with van der Waals surface area (Å²) in [5.41, 5.74) is 2.83. The maximum atomic E-state index is 12.9. The van der Waals surface area contributed by atoms with Crippen molar-refractivity contribution in [2.24, 2.45) is 0 Å². The Kier molecular flexibility index (Phi) is 4.30. The van der Waals surface area contributed by atoms with Crippen molar-refractivity contribution in [3.63, 3.8) is 0 Å². The van der Waals surface area contributed by atoms with Crippen LogP contribution in [0.15, 0.2) is 96.8 Å². The minimum atomic E-state index is -0.148. The van der Waals surface area contributed by atoms with Gasteiger partial charge in [0.15, 0.2) is 5.78 Å². The number of rotatable bonds is 3. The molecule has 4 nitrogen and oxygen atoms in total. The molecule has 0 N–H and O–H groups in total. The monoisotopic (exact) mass is 354 g/mol. The summed E-state index contributed by atoms with van der Waals surface area (Å²) in [7, 11) is 1.69. The Morgan fingerprint density at radius 3 is 2.11 bits per heavy atom. The predicted molar refractivity (Wildman–Crippen MR) is 106 cm³/mol. The van der Waals surface area contributed by atoms with Crippen LogP contribution in [-0.4, -0.2) is 23.6 Å². The third-order valence-electron chi connectivity index (χ3n) is 4.59.